The Labute approximate surface area is 95.7 Å². The second-order valence-electron chi connectivity index (χ2n) is 3.61. The van der Waals surface area contributed by atoms with Gasteiger partial charge in [0.05, 0.1) is 7.11 Å². The smallest absolute Gasteiger partial charge is 0.283 e. The second kappa shape index (κ2) is 5.51. The molecule has 0 N–H and O–H groups in total. The number of carbonyl (C=O) groups is 1. The lowest BCUT2D eigenvalue weighted by molar-refractivity contribution is -0.170. The first-order valence-corrected chi connectivity index (χ1v) is 5.05. The highest BCUT2D eigenvalue weighted by Gasteiger charge is 2.08. The Bertz CT molecular complexity index is 377. The Kier molecular flexibility index (Phi) is 4.31. The van der Waals surface area contributed by atoms with Crippen LogP contribution >= 0.6 is 0 Å². The van der Waals surface area contributed by atoms with E-state index in [1.165, 1.54) is 12.7 Å². The molecule has 0 spiro atoms. The quantitative estimate of drug-likeness (QED) is 0.729. The molecule has 0 heterocycles. The van der Waals surface area contributed by atoms with E-state index in [4.69, 9.17) is 9.57 Å². The predicted octanol–water partition coefficient (Wildman–Crippen LogP) is 1.70. The van der Waals surface area contributed by atoms with E-state index < -0.39 is 0 Å². The number of carbonyl (C=O) groups excluding carboxylic acids is 1. The number of hydroxylamine groups is 2. The van der Waals surface area contributed by atoms with Gasteiger partial charge in [-0.15, -0.1) is 0 Å². The Balaban J connectivity index is 2.55. The largest absolute Gasteiger partial charge is 0.484 e. The van der Waals surface area contributed by atoms with Gasteiger partial charge >= 0.3 is 0 Å². The van der Waals surface area contributed by atoms with Crippen molar-refractivity contribution < 1.29 is 14.4 Å². The van der Waals surface area contributed by atoms with Gasteiger partial charge in [-0.25, -0.2) is 5.06 Å². The molecule has 0 radical (unpaired) electrons. The van der Waals surface area contributed by atoms with Crippen molar-refractivity contribution in [1.29, 1.82) is 0 Å². The summed E-state index contributed by atoms with van der Waals surface area (Å²) in [6.45, 7) is 4.01. The molecule has 0 aromatic heterocycles. The SMILES string of the molecule is CON(C)C(=O)COc1ccc(C)c(C)c1. The molecule has 4 nitrogen and oxygen atoms in total. The third-order valence-corrected chi connectivity index (χ3v) is 2.47. The molecule has 0 fully saturated rings. The first-order valence-electron chi connectivity index (χ1n) is 5.05. The average molecular weight is 223 g/mol. The number of nitrogens with zero attached hydrogens (tertiary/aromatic N) is 1. The molecule has 0 aliphatic rings. The Morgan fingerprint density at radius 3 is 2.56 bits per heavy atom. The third-order valence-electron chi connectivity index (χ3n) is 2.47. The van der Waals surface area contributed by atoms with Crippen molar-refractivity contribution in [3.63, 3.8) is 0 Å². The van der Waals surface area contributed by atoms with Crippen LogP contribution in [0.15, 0.2) is 18.2 Å². The number of likely N-dealkylation sites (N-methyl/N-ethyl adjacent to an activating group) is 1. The van der Waals surface area contributed by atoms with Gasteiger partial charge in [0.2, 0.25) is 0 Å². The van der Waals surface area contributed by atoms with Crippen LogP contribution in [0.1, 0.15) is 11.1 Å². The summed E-state index contributed by atoms with van der Waals surface area (Å²) in [7, 11) is 2.99. The van der Waals surface area contributed by atoms with Gasteiger partial charge in [0, 0.05) is 7.05 Å². The van der Waals surface area contributed by atoms with Gasteiger partial charge in [0.1, 0.15) is 5.75 Å². The second-order valence-corrected chi connectivity index (χ2v) is 3.61. The Morgan fingerprint density at radius 2 is 2.00 bits per heavy atom. The van der Waals surface area contributed by atoms with Crippen LogP contribution in [0.25, 0.3) is 0 Å². The van der Waals surface area contributed by atoms with Crippen LogP contribution in [-0.2, 0) is 9.63 Å². The normalized spacial score (nSPS) is 10.0. The maximum Gasteiger partial charge on any atom is 0.283 e. The summed E-state index contributed by atoms with van der Waals surface area (Å²) >= 11 is 0. The van der Waals surface area contributed by atoms with E-state index >= 15 is 0 Å². The van der Waals surface area contributed by atoms with E-state index in [9.17, 15) is 4.79 Å². The Morgan fingerprint density at radius 1 is 1.31 bits per heavy atom. The maximum absolute atomic E-state index is 11.4. The molecule has 16 heavy (non-hydrogen) atoms. The van der Waals surface area contributed by atoms with Crippen LogP contribution in [0.5, 0.6) is 5.75 Å². The van der Waals surface area contributed by atoms with E-state index in [0.717, 1.165) is 10.6 Å². The average Bonchev–Trinajstić information content (AvgIpc) is 2.29. The first kappa shape index (κ1) is 12.5. The number of ether oxygens (including phenoxy) is 1. The van der Waals surface area contributed by atoms with Crippen molar-refractivity contribution in [2.45, 2.75) is 13.8 Å². The van der Waals surface area contributed by atoms with Gasteiger partial charge in [-0.2, -0.15) is 0 Å². The van der Waals surface area contributed by atoms with E-state index in [1.54, 1.807) is 7.05 Å². The van der Waals surface area contributed by atoms with E-state index in [1.807, 2.05) is 32.0 Å². The summed E-state index contributed by atoms with van der Waals surface area (Å²) in [6, 6.07) is 5.73. The molecule has 0 saturated heterocycles. The van der Waals surface area contributed by atoms with Crippen LogP contribution in [0.2, 0.25) is 0 Å². The fourth-order valence-electron chi connectivity index (χ4n) is 1.14. The number of aryl methyl sites for hydroxylation is 2. The lowest BCUT2D eigenvalue weighted by Crippen LogP contribution is -2.30. The van der Waals surface area contributed by atoms with Crippen LogP contribution in [0.4, 0.5) is 0 Å². The molecular weight excluding hydrogens is 206 g/mol. The summed E-state index contributed by atoms with van der Waals surface area (Å²) in [5, 5.41) is 1.14. The molecule has 1 aromatic carbocycles. The van der Waals surface area contributed by atoms with Gasteiger partial charge in [-0.3, -0.25) is 9.63 Å². The van der Waals surface area contributed by atoms with E-state index in [-0.39, 0.29) is 12.5 Å². The number of rotatable bonds is 4. The highest BCUT2D eigenvalue weighted by molar-refractivity contribution is 5.76. The summed E-state index contributed by atoms with van der Waals surface area (Å²) in [6.07, 6.45) is 0. The molecule has 0 aliphatic heterocycles. The fraction of sp³-hybridized carbons (Fsp3) is 0.417. The van der Waals surface area contributed by atoms with Gasteiger partial charge in [0.15, 0.2) is 6.61 Å². The van der Waals surface area contributed by atoms with Crippen LogP contribution in [-0.4, -0.2) is 31.7 Å². The zero-order valence-corrected chi connectivity index (χ0v) is 10.1. The molecular formula is C12H17NO3. The molecule has 1 rings (SSSR count). The zero-order chi connectivity index (χ0) is 12.1. The molecule has 88 valence electrons. The third kappa shape index (κ3) is 3.24. The number of hydrogen-bond acceptors (Lipinski definition) is 3. The van der Waals surface area contributed by atoms with E-state index in [2.05, 4.69) is 0 Å². The highest BCUT2D eigenvalue weighted by atomic mass is 16.7. The lowest BCUT2D eigenvalue weighted by atomic mass is 10.1. The summed E-state index contributed by atoms with van der Waals surface area (Å²) in [5.41, 5.74) is 2.35. The molecule has 0 unspecified atom stereocenters. The number of amides is 1. The van der Waals surface area contributed by atoms with Crippen molar-refractivity contribution >= 4 is 5.91 Å². The van der Waals surface area contributed by atoms with Crippen molar-refractivity contribution in [2.75, 3.05) is 20.8 Å². The minimum Gasteiger partial charge on any atom is -0.484 e. The van der Waals surface area contributed by atoms with E-state index in [0.29, 0.717) is 5.75 Å². The monoisotopic (exact) mass is 223 g/mol. The van der Waals surface area contributed by atoms with Crippen LogP contribution < -0.4 is 4.74 Å². The van der Waals surface area contributed by atoms with Crippen molar-refractivity contribution in [2.24, 2.45) is 0 Å². The summed E-state index contributed by atoms with van der Waals surface area (Å²) in [4.78, 5) is 16.1. The molecule has 0 saturated carbocycles. The topological polar surface area (TPSA) is 38.8 Å². The Hall–Kier alpha value is -1.55. The number of benzene rings is 1. The predicted molar refractivity (Wildman–Crippen MR) is 61.2 cm³/mol. The minimum atomic E-state index is -0.222. The summed E-state index contributed by atoms with van der Waals surface area (Å²) < 4.78 is 5.36. The maximum atomic E-state index is 11.4. The lowest BCUT2D eigenvalue weighted by Gasteiger charge is -2.14. The van der Waals surface area contributed by atoms with Crippen molar-refractivity contribution in [3.05, 3.63) is 29.3 Å². The molecule has 4 heteroatoms. The van der Waals surface area contributed by atoms with Gasteiger partial charge in [0.25, 0.3) is 5.91 Å². The molecule has 1 amide bonds. The van der Waals surface area contributed by atoms with Crippen LogP contribution in [0, 0.1) is 13.8 Å². The molecule has 1 aromatic rings. The molecule has 0 aliphatic carbocycles. The van der Waals surface area contributed by atoms with Crippen molar-refractivity contribution in [1.82, 2.24) is 5.06 Å². The standard InChI is InChI=1S/C12H17NO3/c1-9-5-6-11(7-10(9)2)16-8-12(14)13(3)15-4/h5-7H,8H2,1-4H3. The van der Waals surface area contributed by atoms with Crippen molar-refractivity contribution in [3.8, 4) is 5.75 Å². The summed E-state index contributed by atoms with van der Waals surface area (Å²) in [5.74, 6) is 0.474. The zero-order valence-electron chi connectivity index (χ0n) is 10.1. The molecule has 0 bridgehead atoms. The van der Waals surface area contributed by atoms with Gasteiger partial charge in [-0.1, -0.05) is 6.07 Å². The highest BCUT2D eigenvalue weighted by Crippen LogP contribution is 2.16. The number of hydrogen-bond donors (Lipinski definition) is 0. The minimum absolute atomic E-state index is 0.0210. The van der Waals surface area contributed by atoms with Gasteiger partial charge < -0.3 is 4.74 Å². The first-order chi connectivity index (χ1) is 7.54. The van der Waals surface area contributed by atoms with Crippen LogP contribution in [0.3, 0.4) is 0 Å². The van der Waals surface area contributed by atoms with Gasteiger partial charge in [-0.05, 0) is 37.1 Å². The fourth-order valence-corrected chi connectivity index (χ4v) is 1.14. The molecule has 0 atom stereocenters.